The molecule has 2 aromatic heterocycles. The number of aromatic nitrogens is 1. The lowest BCUT2D eigenvalue weighted by molar-refractivity contribution is 0.112. The Bertz CT molecular complexity index is 484. The summed E-state index contributed by atoms with van der Waals surface area (Å²) >= 11 is 5.80. The van der Waals surface area contributed by atoms with Gasteiger partial charge in [-0.1, -0.05) is 11.6 Å². The molecule has 78 valence electrons. The Hall–Kier alpha value is -1.48. The average Bonchev–Trinajstić information content (AvgIpc) is 2.73. The maximum Gasteiger partial charge on any atom is 0.153 e. The molecule has 0 amide bonds. The number of H-pyrrole nitrogens is 1. The molecule has 0 bridgehead atoms. The highest BCUT2D eigenvalue weighted by Gasteiger charge is 2.07. The number of aromatic amines is 1. The molecule has 0 spiro atoms. The van der Waals surface area contributed by atoms with Crippen molar-refractivity contribution in [3.63, 3.8) is 0 Å². The fourth-order valence-electron chi connectivity index (χ4n) is 1.45. The zero-order valence-corrected chi connectivity index (χ0v) is 8.97. The van der Waals surface area contributed by atoms with Crippen LogP contribution in [0.25, 0.3) is 0 Å². The van der Waals surface area contributed by atoms with Crippen molar-refractivity contribution in [3.05, 3.63) is 46.1 Å². The summed E-state index contributed by atoms with van der Waals surface area (Å²) in [5.74, 6) is 1.72. The van der Waals surface area contributed by atoms with Gasteiger partial charge in [-0.25, -0.2) is 0 Å². The number of carbonyl (C=O) groups excluding carboxylic acids is 1. The van der Waals surface area contributed by atoms with E-state index in [0.29, 0.717) is 17.1 Å². The largest absolute Gasteiger partial charge is 0.466 e. The molecule has 15 heavy (non-hydrogen) atoms. The van der Waals surface area contributed by atoms with E-state index >= 15 is 0 Å². The number of aldehydes is 1. The van der Waals surface area contributed by atoms with E-state index in [0.717, 1.165) is 23.5 Å². The maximum absolute atomic E-state index is 10.6. The van der Waals surface area contributed by atoms with Crippen LogP contribution in [0.3, 0.4) is 0 Å². The zero-order chi connectivity index (χ0) is 10.8. The Labute approximate surface area is 92.1 Å². The molecule has 0 saturated carbocycles. The van der Waals surface area contributed by atoms with Crippen LogP contribution in [0.15, 0.2) is 22.6 Å². The van der Waals surface area contributed by atoms with Crippen molar-refractivity contribution in [2.45, 2.75) is 13.3 Å². The van der Waals surface area contributed by atoms with Crippen LogP contribution in [0.4, 0.5) is 0 Å². The van der Waals surface area contributed by atoms with Gasteiger partial charge in [-0.05, 0) is 25.1 Å². The van der Waals surface area contributed by atoms with Gasteiger partial charge in [-0.3, -0.25) is 4.79 Å². The third-order valence-electron chi connectivity index (χ3n) is 2.14. The van der Waals surface area contributed by atoms with Crippen molar-refractivity contribution in [1.82, 2.24) is 4.98 Å². The summed E-state index contributed by atoms with van der Waals surface area (Å²) in [6.45, 7) is 1.89. The first-order valence-electron chi connectivity index (χ1n) is 4.57. The number of nitrogens with one attached hydrogen (secondary N) is 1. The molecule has 3 nitrogen and oxygen atoms in total. The highest BCUT2D eigenvalue weighted by molar-refractivity contribution is 6.31. The van der Waals surface area contributed by atoms with Gasteiger partial charge in [0, 0.05) is 12.1 Å². The van der Waals surface area contributed by atoms with E-state index in [1.807, 2.05) is 19.1 Å². The highest BCUT2D eigenvalue weighted by Crippen LogP contribution is 2.18. The summed E-state index contributed by atoms with van der Waals surface area (Å²) in [5, 5.41) is 0.378. The monoisotopic (exact) mass is 223 g/mol. The van der Waals surface area contributed by atoms with Gasteiger partial charge in [0.1, 0.15) is 16.7 Å². The first-order valence-corrected chi connectivity index (χ1v) is 4.94. The first-order chi connectivity index (χ1) is 7.19. The summed E-state index contributed by atoms with van der Waals surface area (Å²) in [5.41, 5.74) is 1.35. The Morgan fingerprint density at radius 3 is 2.87 bits per heavy atom. The normalized spacial score (nSPS) is 10.5. The van der Waals surface area contributed by atoms with E-state index < -0.39 is 0 Å². The molecule has 0 fully saturated rings. The van der Waals surface area contributed by atoms with Gasteiger partial charge in [0.25, 0.3) is 0 Å². The quantitative estimate of drug-likeness (QED) is 0.814. The van der Waals surface area contributed by atoms with Gasteiger partial charge in [0.15, 0.2) is 6.29 Å². The van der Waals surface area contributed by atoms with E-state index in [1.165, 1.54) is 0 Å². The van der Waals surface area contributed by atoms with Crippen molar-refractivity contribution < 1.29 is 9.21 Å². The van der Waals surface area contributed by atoms with E-state index in [4.69, 9.17) is 16.0 Å². The minimum atomic E-state index is 0.378. The molecule has 0 radical (unpaired) electrons. The molecule has 0 aliphatic carbocycles. The molecule has 2 heterocycles. The van der Waals surface area contributed by atoms with Gasteiger partial charge in [-0.15, -0.1) is 0 Å². The van der Waals surface area contributed by atoms with E-state index in [-0.39, 0.29) is 0 Å². The second kappa shape index (κ2) is 3.95. The number of furan rings is 1. The molecule has 1 N–H and O–H groups in total. The predicted molar refractivity (Wildman–Crippen MR) is 57.4 cm³/mol. The van der Waals surface area contributed by atoms with E-state index in [9.17, 15) is 4.79 Å². The maximum atomic E-state index is 10.6. The fourth-order valence-corrected chi connectivity index (χ4v) is 1.67. The number of halogens is 1. The predicted octanol–water partition coefficient (Wildman–Crippen LogP) is 2.97. The summed E-state index contributed by atoms with van der Waals surface area (Å²) < 4.78 is 5.42. The van der Waals surface area contributed by atoms with Gasteiger partial charge < -0.3 is 9.40 Å². The zero-order valence-electron chi connectivity index (χ0n) is 8.21. The second-order valence-electron chi connectivity index (χ2n) is 3.37. The van der Waals surface area contributed by atoms with Crippen LogP contribution in [-0.4, -0.2) is 11.3 Å². The third-order valence-corrected chi connectivity index (χ3v) is 2.45. The van der Waals surface area contributed by atoms with Crippen molar-refractivity contribution in [2.24, 2.45) is 0 Å². The lowest BCUT2D eigenvalue weighted by Gasteiger charge is -1.92. The van der Waals surface area contributed by atoms with Gasteiger partial charge in [-0.2, -0.15) is 0 Å². The van der Waals surface area contributed by atoms with Crippen LogP contribution in [0, 0.1) is 6.92 Å². The number of carbonyl (C=O) groups is 1. The summed E-state index contributed by atoms with van der Waals surface area (Å²) in [4.78, 5) is 13.5. The van der Waals surface area contributed by atoms with Crippen molar-refractivity contribution in [2.75, 3.05) is 0 Å². The Kier molecular flexibility index (Phi) is 2.64. The molecule has 2 rings (SSSR count). The average molecular weight is 224 g/mol. The summed E-state index contributed by atoms with van der Waals surface area (Å²) in [6.07, 6.45) is 1.34. The van der Waals surface area contributed by atoms with Gasteiger partial charge in [0.05, 0.1) is 5.56 Å². The van der Waals surface area contributed by atoms with Crippen LogP contribution in [0.5, 0.6) is 0 Å². The number of hydrogen-bond acceptors (Lipinski definition) is 2. The van der Waals surface area contributed by atoms with Crippen LogP contribution in [-0.2, 0) is 6.42 Å². The topological polar surface area (TPSA) is 46.0 Å². The van der Waals surface area contributed by atoms with Crippen molar-refractivity contribution >= 4 is 17.9 Å². The Morgan fingerprint density at radius 2 is 2.33 bits per heavy atom. The minimum Gasteiger partial charge on any atom is -0.466 e. The molecule has 0 atom stereocenters. The first kappa shape index (κ1) is 10.1. The molecule has 0 aliphatic rings. The van der Waals surface area contributed by atoms with Gasteiger partial charge >= 0.3 is 0 Å². The second-order valence-corrected chi connectivity index (χ2v) is 3.75. The molecular formula is C11H10ClNO2. The fraction of sp³-hybridized carbons (Fsp3) is 0.182. The van der Waals surface area contributed by atoms with Crippen LogP contribution in [0.1, 0.15) is 27.6 Å². The van der Waals surface area contributed by atoms with Crippen molar-refractivity contribution in [3.8, 4) is 0 Å². The summed E-state index contributed by atoms with van der Waals surface area (Å²) in [6, 6.07) is 5.54. The van der Waals surface area contributed by atoms with Crippen LogP contribution in [0.2, 0.25) is 5.15 Å². The molecule has 2 aromatic rings. The molecule has 4 heteroatoms. The molecule has 0 aliphatic heterocycles. The lowest BCUT2D eigenvalue weighted by atomic mass is 10.2. The van der Waals surface area contributed by atoms with Crippen molar-refractivity contribution in [1.29, 1.82) is 0 Å². The smallest absolute Gasteiger partial charge is 0.153 e. The molecular weight excluding hydrogens is 214 g/mol. The number of hydrogen-bond donors (Lipinski definition) is 1. The Balaban J connectivity index is 2.20. The minimum absolute atomic E-state index is 0.378. The van der Waals surface area contributed by atoms with Crippen LogP contribution >= 0.6 is 11.6 Å². The number of rotatable bonds is 3. The Morgan fingerprint density at radius 1 is 1.53 bits per heavy atom. The number of aryl methyl sites for hydroxylation is 1. The SMILES string of the molecule is Cc1ccc(Cc2cc(C=O)c(Cl)[nH]2)o1. The van der Waals surface area contributed by atoms with Gasteiger partial charge in [0.2, 0.25) is 0 Å². The van der Waals surface area contributed by atoms with E-state index in [2.05, 4.69) is 4.98 Å². The third kappa shape index (κ3) is 2.13. The molecule has 0 saturated heterocycles. The summed E-state index contributed by atoms with van der Waals surface area (Å²) in [7, 11) is 0. The standard InChI is InChI=1S/C11H10ClNO2/c1-7-2-3-10(15-7)5-9-4-8(6-14)11(12)13-9/h2-4,6,13H,5H2,1H3. The molecule has 0 unspecified atom stereocenters. The lowest BCUT2D eigenvalue weighted by Crippen LogP contribution is -1.84. The van der Waals surface area contributed by atoms with Crippen LogP contribution < -0.4 is 0 Å². The molecule has 0 aromatic carbocycles. The highest BCUT2D eigenvalue weighted by atomic mass is 35.5. The van der Waals surface area contributed by atoms with E-state index in [1.54, 1.807) is 6.07 Å².